The number of hydrogen-bond donors (Lipinski definition) is 1. The van der Waals surface area contributed by atoms with Gasteiger partial charge < -0.3 is 5.32 Å². The molecule has 0 heterocycles. The van der Waals surface area contributed by atoms with Crippen molar-refractivity contribution in [2.45, 2.75) is 25.8 Å². The van der Waals surface area contributed by atoms with Gasteiger partial charge in [-0.2, -0.15) is 0 Å². The van der Waals surface area contributed by atoms with Gasteiger partial charge in [0.15, 0.2) is 0 Å². The Labute approximate surface area is 105 Å². The highest BCUT2D eigenvalue weighted by Gasteiger charge is 2.06. The van der Waals surface area contributed by atoms with Gasteiger partial charge in [-0.05, 0) is 47.8 Å². The second-order valence-electron chi connectivity index (χ2n) is 3.51. The summed E-state index contributed by atoms with van der Waals surface area (Å²) in [4.78, 5) is 0. The maximum Gasteiger partial charge on any atom is 0.0593 e. The van der Waals surface area contributed by atoms with Gasteiger partial charge in [0.1, 0.15) is 0 Å². The molecule has 1 N–H and O–H groups in total. The van der Waals surface area contributed by atoms with Gasteiger partial charge in [-0.1, -0.05) is 23.7 Å². The summed E-state index contributed by atoms with van der Waals surface area (Å²) in [6.45, 7) is 5.86. The molecule has 1 atom stereocenters. The molecule has 1 nitrogen and oxygen atoms in total. The van der Waals surface area contributed by atoms with Crippen molar-refractivity contribution < 1.29 is 0 Å². The third kappa shape index (κ3) is 3.88. The van der Waals surface area contributed by atoms with Crippen LogP contribution in [0.4, 0.5) is 5.69 Å². The van der Waals surface area contributed by atoms with Crippen LogP contribution in [-0.4, -0.2) is 6.04 Å². The zero-order valence-electron chi connectivity index (χ0n) is 8.76. The predicted octanol–water partition coefficient (Wildman–Crippen LogP) is 4.87. The van der Waals surface area contributed by atoms with E-state index in [1.807, 2.05) is 24.3 Å². The van der Waals surface area contributed by atoms with Crippen LogP contribution in [0.2, 0.25) is 5.02 Å². The van der Waals surface area contributed by atoms with E-state index in [0.29, 0.717) is 6.04 Å². The summed E-state index contributed by atoms with van der Waals surface area (Å²) in [7, 11) is 0. The molecular weight excluding hydrogens is 273 g/mol. The normalized spacial score (nSPS) is 12.2. The first-order chi connectivity index (χ1) is 7.15. The standard InChI is InChI=1S/C12H15BrClN/c1-3-4-6-9(2)15-11-8-5-7-10(14)12(11)13/h3,5,7-9,15H,1,4,6H2,2H3. The van der Waals surface area contributed by atoms with E-state index in [1.165, 1.54) is 0 Å². The van der Waals surface area contributed by atoms with Crippen LogP contribution in [0.3, 0.4) is 0 Å². The first-order valence-corrected chi connectivity index (χ1v) is 6.13. The van der Waals surface area contributed by atoms with Gasteiger partial charge in [-0.15, -0.1) is 6.58 Å². The number of anilines is 1. The minimum atomic E-state index is 0.415. The van der Waals surface area contributed by atoms with Gasteiger partial charge in [-0.25, -0.2) is 0 Å². The molecule has 1 aromatic rings. The van der Waals surface area contributed by atoms with Crippen LogP contribution in [-0.2, 0) is 0 Å². The Hall–Kier alpha value is -0.470. The van der Waals surface area contributed by atoms with E-state index in [4.69, 9.17) is 11.6 Å². The fraction of sp³-hybridized carbons (Fsp3) is 0.333. The molecule has 3 heteroatoms. The van der Waals surface area contributed by atoms with E-state index in [1.54, 1.807) is 0 Å². The molecule has 1 unspecified atom stereocenters. The molecule has 1 rings (SSSR count). The summed E-state index contributed by atoms with van der Waals surface area (Å²) in [5.74, 6) is 0. The van der Waals surface area contributed by atoms with E-state index < -0.39 is 0 Å². The predicted molar refractivity (Wildman–Crippen MR) is 71.7 cm³/mol. The molecule has 0 amide bonds. The van der Waals surface area contributed by atoms with Crippen molar-refractivity contribution in [2.24, 2.45) is 0 Å². The molecule has 0 radical (unpaired) electrons. The van der Waals surface area contributed by atoms with E-state index in [0.717, 1.165) is 28.0 Å². The Morgan fingerprint density at radius 3 is 3.00 bits per heavy atom. The molecule has 0 saturated heterocycles. The van der Waals surface area contributed by atoms with Gasteiger partial charge in [0.2, 0.25) is 0 Å². The molecule has 1 aromatic carbocycles. The Bertz CT molecular complexity index is 338. The lowest BCUT2D eigenvalue weighted by molar-refractivity contribution is 0.718. The van der Waals surface area contributed by atoms with Crippen molar-refractivity contribution in [1.29, 1.82) is 0 Å². The van der Waals surface area contributed by atoms with Crippen LogP contribution in [0.25, 0.3) is 0 Å². The van der Waals surface area contributed by atoms with Crippen LogP contribution in [0.5, 0.6) is 0 Å². The van der Waals surface area contributed by atoms with E-state index in [-0.39, 0.29) is 0 Å². The monoisotopic (exact) mass is 287 g/mol. The van der Waals surface area contributed by atoms with Crippen molar-refractivity contribution in [3.05, 3.63) is 40.3 Å². The molecule has 0 saturated carbocycles. The highest BCUT2D eigenvalue weighted by atomic mass is 79.9. The van der Waals surface area contributed by atoms with Gasteiger partial charge in [-0.3, -0.25) is 0 Å². The molecule has 0 fully saturated rings. The SMILES string of the molecule is C=CCCC(C)Nc1cccc(Cl)c1Br. The highest BCUT2D eigenvalue weighted by Crippen LogP contribution is 2.30. The number of halogens is 2. The van der Waals surface area contributed by atoms with Crippen molar-refractivity contribution >= 4 is 33.2 Å². The smallest absolute Gasteiger partial charge is 0.0593 e. The van der Waals surface area contributed by atoms with Crippen molar-refractivity contribution in [3.8, 4) is 0 Å². The van der Waals surface area contributed by atoms with E-state index in [9.17, 15) is 0 Å². The summed E-state index contributed by atoms with van der Waals surface area (Å²) in [6, 6.07) is 6.24. The van der Waals surface area contributed by atoms with Crippen LogP contribution < -0.4 is 5.32 Å². The molecule has 0 bridgehead atoms. The molecule has 15 heavy (non-hydrogen) atoms. The van der Waals surface area contributed by atoms with Crippen LogP contribution in [0, 0.1) is 0 Å². The zero-order chi connectivity index (χ0) is 11.3. The minimum absolute atomic E-state index is 0.415. The number of rotatable bonds is 5. The minimum Gasteiger partial charge on any atom is -0.382 e. The second kappa shape index (κ2) is 6.19. The van der Waals surface area contributed by atoms with Gasteiger partial charge in [0, 0.05) is 6.04 Å². The summed E-state index contributed by atoms with van der Waals surface area (Å²) in [6.07, 6.45) is 4.03. The first-order valence-electron chi connectivity index (χ1n) is 4.96. The zero-order valence-corrected chi connectivity index (χ0v) is 11.1. The van der Waals surface area contributed by atoms with E-state index >= 15 is 0 Å². The molecule has 0 spiro atoms. The van der Waals surface area contributed by atoms with Gasteiger partial charge in [0.25, 0.3) is 0 Å². The maximum atomic E-state index is 6.00. The summed E-state index contributed by atoms with van der Waals surface area (Å²) in [5.41, 5.74) is 1.04. The van der Waals surface area contributed by atoms with Crippen LogP contribution in [0.1, 0.15) is 19.8 Å². The Kier molecular flexibility index (Phi) is 5.20. The van der Waals surface area contributed by atoms with Gasteiger partial charge >= 0.3 is 0 Å². The van der Waals surface area contributed by atoms with Crippen molar-refractivity contribution in [2.75, 3.05) is 5.32 Å². The second-order valence-corrected chi connectivity index (χ2v) is 4.71. The summed E-state index contributed by atoms with van der Waals surface area (Å²) in [5, 5.41) is 4.14. The lowest BCUT2D eigenvalue weighted by Crippen LogP contribution is -2.14. The number of allylic oxidation sites excluding steroid dienone is 1. The summed E-state index contributed by atoms with van der Waals surface area (Å²) >= 11 is 9.46. The Morgan fingerprint density at radius 2 is 2.33 bits per heavy atom. The quantitative estimate of drug-likeness (QED) is 0.762. The van der Waals surface area contributed by atoms with Crippen molar-refractivity contribution in [3.63, 3.8) is 0 Å². The largest absolute Gasteiger partial charge is 0.382 e. The summed E-state index contributed by atoms with van der Waals surface area (Å²) < 4.78 is 0.928. The Balaban J connectivity index is 2.63. The molecule has 0 aliphatic carbocycles. The number of hydrogen-bond acceptors (Lipinski definition) is 1. The lowest BCUT2D eigenvalue weighted by atomic mass is 10.1. The maximum absolute atomic E-state index is 6.00. The molecule has 82 valence electrons. The van der Waals surface area contributed by atoms with E-state index in [2.05, 4.69) is 34.7 Å². The van der Waals surface area contributed by atoms with Crippen LogP contribution >= 0.6 is 27.5 Å². The fourth-order valence-corrected chi connectivity index (χ4v) is 1.87. The van der Waals surface area contributed by atoms with Crippen molar-refractivity contribution in [1.82, 2.24) is 0 Å². The third-order valence-corrected chi connectivity index (χ3v) is 3.55. The number of nitrogens with one attached hydrogen (secondary N) is 1. The fourth-order valence-electron chi connectivity index (χ4n) is 1.32. The molecule has 0 aromatic heterocycles. The average Bonchev–Trinajstić information content (AvgIpc) is 2.22. The lowest BCUT2D eigenvalue weighted by Gasteiger charge is -2.16. The molecule has 0 aliphatic rings. The van der Waals surface area contributed by atoms with Gasteiger partial charge in [0.05, 0.1) is 15.2 Å². The number of benzene rings is 1. The third-order valence-electron chi connectivity index (χ3n) is 2.16. The Morgan fingerprint density at radius 1 is 1.60 bits per heavy atom. The topological polar surface area (TPSA) is 12.0 Å². The molecule has 0 aliphatic heterocycles. The highest BCUT2D eigenvalue weighted by molar-refractivity contribution is 9.10. The molecular formula is C12H15BrClN. The van der Waals surface area contributed by atoms with Crippen LogP contribution in [0.15, 0.2) is 35.3 Å². The average molecular weight is 289 g/mol. The first kappa shape index (κ1) is 12.6.